The number of benzene rings is 2. The van der Waals surface area contributed by atoms with Crippen molar-refractivity contribution in [3.63, 3.8) is 0 Å². The second-order valence-electron chi connectivity index (χ2n) is 10.8. The van der Waals surface area contributed by atoms with Crippen molar-refractivity contribution in [2.45, 2.75) is 69.9 Å². The minimum absolute atomic E-state index is 0.0630. The molecule has 1 amide bonds. The zero-order valence-electron chi connectivity index (χ0n) is 20.8. The fourth-order valence-corrected chi connectivity index (χ4v) is 5.36. The molecule has 190 valence electrons. The Bertz CT molecular complexity index is 1480. The summed E-state index contributed by atoms with van der Waals surface area (Å²) in [6.45, 7) is 1.95. The number of phenolic OH excluding ortho intramolecular Hbond substituents is 1. The van der Waals surface area contributed by atoms with Crippen molar-refractivity contribution in [3.8, 4) is 28.4 Å². The topological polar surface area (TPSA) is 102 Å². The molecule has 3 fully saturated rings. The van der Waals surface area contributed by atoms with Gasteiger partial charge in [-0.3, -0.25) is 5.32 Å². The Morgan fingerprint density at radius 1 is 1.11 bits per heavy atom. The minimum atomic E-state index is -0.425. The zero-order chi connectivity index (χ0) is 25.1. The number of nitrogens with one attached hydrogen (secondary N) is 1. The van der Waals surface area contributed by atoms with Crippen LogP contribution >= 0.6 is 0 Å². The summed E-state index contributed by atoms with van der Waals surface area (Å²) in [5.41, 5.74) is 4.55. The molecular weight excluding hydrogens is 468 g/mol. The normalized spacial score (nSPS) is 18.5. The molecule has 0 saturated heterocycles. The predicted molar refractivity (Wildman–Crippen MR) is 139 cm³/mol. The highest BCUT2D eigenvalue weighted by atomic mass is 16.6. The molecule has 7 rings (SSSR count). The number of hydrogen-bond acceptors (Lipinski definition) is 6. The van der Waals surface area contributed by atoms with Gasteiger partial charge in [0.2, 0.25) is 11.7 Å². The van der Waals surface area contributed by atoms with Crippen LogP contribution in [-0.2, 0) is 4.74 Å². The maximum Gasteiger partial charge on any atom is 0.411 e. The molecule has 1 unspecified atom stereocenters. The van der Waals surface area contributed by atoms with Crippen LogP contribution in [0, 0.1) is 5.92 Å². The second kappa shape index (κ2) is 8.64. The SMILES string of the molecule is CC(OC(=O)Nc1ccc(-c2c(-c3noc(C4CC4)n3)c3ccc(O)cc3n2C2CCC2)cc1)C1CC1. The van der Waals surface area contributed by atoms with Gasteiger partial charge in [0, 0.05) is 29.1 Å². The van der Waals surface area contributed by atoms with E-state index in [4.69, 9.17) is 14.2 Å². The number of hydrogen-bond donors (Lipinski definition) is 2. The molecule has 4 aromatic rings. The molecule has 0 spiro atoms. The Balaban J connectivity index is 1.29. The molecule has 2 N–H and O–H groups in total. The first kappa shape index (κ1) is 22.4. The number of fused-ring (bicyclic) bond motifs is 1. The van der Waals surface area contributed by atoms with Crippen LogP contribution in [0.15, 0.2) is 47.0 Å². The van der Waals surface area contributed by atoms with Gasteiger partial charge < -0.3 is 18.9 Å². The maximum absolute atomic E-state index is 12.4. The Hall–Kier alpha value is -3.81. The molecule has 3 aliphatic rings. The van der Waals surface area contributed by atoms with E-state index in [0.717, 1.165) is 66.2 Å². The van der Waals surface area contributed by atoms with Crippen LogP contribution in [0.1, 0.15) is 69.7 Å². The third-order valence-electron chi connectivity index (χ3n) is 8.00. The molecule has 37 heavy (non-hydrogen) atoms. The van der Waals surface area contributed by atoms with Crippen LogP contribution in [0.25, 0.3) is 33.5 Å². The largest absolute Gasteiger partial charge is 0.508 e. The van der Waals surface area contributed by atoms with E-state index in [-0.39, 0.29) is 11.9 Å². The third kappa shape index (κ3) is 4.14. The Morgan fingerprint density at radius 3 is 2.57 bits per heavy atom. The van der Waals surface area contributed by atoms with Crippen LogP contribution in [0.3, 0.4) is 0 Å². The van der Waals surface area contributed by atoms with Gasteiger partial charge in [0.05, 0.1) is 16.8 Å². The third-order valence-corrected chi connectivity index (χ3v) is 8.00. The van der Waals surface area contributed by atoms with Gasteiger partial charge in [-0.15, -0.1) is 0 Å². The van der Waals surface area contributed by atoms with Gasteiger partial charge in [-0.05, 0) is 87.6 Å². The quantitative estimate of drug-likeness (QED) is 0.284. The van der Waals surface area contributed by atoms with E-state index in [1.807, 2.05) is 43.3 Å². The van der Waals surface area contributed by atoms with E-state index >= 15 is 0 Å². The van der Waals surface area contributed by atoms with Gasteiger partial charge in [0.1, 0.15) is 11.9 Å². The molecule has 3 aliphatic carbocycles. The van der Waals surface area contributed by atoms with Gasteiger partial charge in [-0.1, -0.05) is 17.3 Å². The first-order valence-electron chi connectivity index (χ1n) is 13.3. The predicted octanol–water partition coefficient (Wildman–Crippen LogP) is 7.01. The summed E-state index contributed by atoms with van der Waals surface area (Å²) in [6.07, 6.45) is 7.27. The van der Waals surface area contributed by atoms with Gasteiger partial charge in [0.25, 0.3) is 0 Å². The number of aromatic hydroxyl groups is 1. The molecule has 0 aliphatic heterocycles. The molecule has 3 saturated carbocycles. The highest BCUT2D eigenvalue weighted by molar-refractivity contribution is 6.04. The lowest BCUT2D eigenvalue weighted by molar-refractivity contribution is 0.108. The molecule has 2 aromatic heterocycles. The van der Waals surface area contributed by atoms with Gasteiger partial charge in [0.15, 0.2) is 0 Å². The number of ether oxygens (including phenoxy) is 1. The second-order valence-corrected chi connectivity index (χ2v) is 10.8. The molecule has 0 bridgehead atoms. The Kier molecular flexibility index (Phi) is 5.23. The van der Waals surface area contributed by atoms with E-state index in [0.29, 0.717) is 35.3 Å². The first-order chi connectivity index (χ1) is 18.0. The van der Waals surface area contributed by atoms with E-state index in [2.05, 4.69) is 15.0 Å². The average molecular weight is 499 g/mol. The van der Waals surface area contributed by atoms with Crippen molar-refractivity contribution in [2.75, 3.05) is 5.32 Å². The minimum Gasteiger partial charge on any atom is -0.508 e. The highest BCUT2D eigenvalue weighted by Gasteiger charge is 2.33. The maximum atomic E-state index is 12.4. The number of anilines is 1. The number of aromatic nitrogens is 3. The number of phenols is 1. The lowest BCUT2D eigenvalue weighted by Crippen LogP contribution is -2.21. The standard InChI is InChI=1S/C29H30N4O4/c1-16(17-5-6-17)36-29(35)30-20-11-9-18(10-12-20)26-25(27-31-28(37-32-27)19-7-8-19)23-14-13-22(34)15-24(23)33(26)21-3-2-4-21/h9-17,19,21,34H,2-8H2,1H3,(H,30,35). The summed E-state index contributed by atoms with van der Waals surface area (Å²) in [5, 5.41) is 18.6. The molecule has 0 radical (unpaired) electrons. The summed E-state index contributed by atoms with van der Waals surface area (Å²) in [6, 6.07) is 13.6. The van der Waals surface area contributed by atoms with Crippen molar-refractivity contribution in [3.05, 3.63) is 48.4 Å². The van der Waals surface area contributed by atoms with E-state index in [1.165, 1.54) is 6.42 Å². The lowest BCUT2D eigenvalue weighted by atomic mass is 9.92. The van der Waals surface area contributed by atoms with Crippen LogP contribution < -0.4 is 5.32 Å². The zero-order valence-corrected chi connectivity index (χ0v) is 20.8. The van der Waals surface area contributed by atoms with Gasteiger partial charge >= 0.3 is 6.09 Å². The van der Waals surface area contributed by atoms with E-state index in [1.54, 1.807) is 6.07 Å². The summed E-state index contributed by atoms with van der Waals surface area (Å²) in [5.74, 6) is 2.36. The monoisotopic (exact) mass is 498 g/mol. The fraction of sp³-hybridized carbons (Fsp3) is 0.414. The van der Waals surface area contributed by atoms with Gasteiger partial charge in [-0.25, -0.2) is 4.79 Å². The lowest BCUT2D eigenvalue weighted by Gasteiger charge is -2.30. The van der Waals surface area contributed by atoms with Crippen molar-refractivity contribution in [2.24, 2.45) is 5.92 Å². The summed E-state index contributed by atoms with van der Waals surface area (Å²) < 4.78 is 13.5. The van der Waals surface area contributed by atoms with Crippen LogP contribution in [0.5, 0.6) is 5.75 Å². The number of carbonyl (C=O) groups is 1. The van der Waals surface area contributed by atoms with Crippen molar-refractivity contribution in [1.82, 2.24) is 14.7 Å². The molecule has 1 atom stereocenters. The number of amides is 1. The van der Waals surface area contributed by atoms with Gasteiger partial charge in [-0.2, -0.15) is 4.98 Å². The smallest absolute Gasteiger partial charge is 0.411 e. The molecular formula is C29H30N4O4. The molecule has 2 aromatic carbocycles. The summed E-state index contributed by atoms with van der Waals surface area (Å²) >= 11 is 0. The fourth-order valence-electron chi connectivity index (χ4n) is 5.36. The average Bonchev–Trinajstić information content (AvgIpc) is 3.79. The number of nitrogens with zero attached hydrogens (tertiary/aromatic N) is 3. The van der Waals surface area contributed by atoms with Crippen LogP contribution in [-0.4, -0.2) is 32.0 Å². The molecule has 2 heterocycles. The van der Waals surface area contributed by atoms with E-state index in [9.17, 15) is 9.90 Å². The highest BCUT2D eigenvalue weighted by Crippen LogP contribution is 2.47. The van der Waals surface area contributed by atoms with Crippen LogP contribution in [0.2, 0.25) is 0 Å². The summed E-state index contributed by atoms with van der Waals surface area (Å²) in [7, 11) is 0. The first-order valence-corrected chi connectivity index (χ1v) is 13.3. The Morgan fingerprint density at radius 2 is 1.89 bits per heavy atom. The Labute approximate surface area is 214 Å². The van der Waals surface area contributed by atoms with E-state index < -0.39 is 6.09 Å². The van der Waals surface area contributed by atoms with Crippen LogP contribution in [0.4, 0.5) is 10.5 Å². The molecule has 8 heteroatoms. The number of carbonyl (C=O) groups excluding carboxylic acids is 1. The van der Waals surface area contributed by atoms with Crippen molar-refractivity contribution >= 4 is 22.7 Å². The van der Waals surface area contributed by atoms with Crippen molar-refractivity contribution in [1.29, 1.82) is 0 Å². The number of rotatable bonds is 7. The molecule has 8 nitrogen and oxygen atoms in total. The van der Waals surface area contributed by atoms with Crippen molar-refractivity contribution < 1.29 is 19.2 Å². The summed E-state index contributed by atoms with van der Waals surface area (Å²) in [4.78, 5) is 17.2.